The molecule has 0 spiro atoms. The Kier molecular flexibility index (Phi) is 4.10. The average molecular weight is 348 g/mol. The molecule has 130 valence electrons. The van der Waals surface area contributed by atoms with Crippen LogP contribution < -0.4 is 19.7 Å². The second-order valence-electron chi connectivity index (χ2n) is 5.68. The first-order valence-corrected chi connectivity index (χ1v) is 8.02. The summed E-state index contributed by atoms with van der Waals surface area (Å²) in [5, 5.41) is 3.13. The van der Waals surface area contributed by atoms with Crippen LogP contribution in [0.3, 0.4) is 0 Å². The number of ether oxygens (including phenoxy) is 2. The SMILES string of the molecule is CN(C(=O)c1cnc(Nc2ccc3c(c2)OCO3)cn1)c1ccccc1. The van der Waals surface area contributed by atoms with Crippen molar-refractivity contribution >= 4 is 23.1 Å². The predicted molar refractivity (Wildman–Crippen MR) is 97.1 cm³/mol. The first kappa shape index (κ1) is 15.9. The van der Waals surface area contributed by atoms with Crippen molar-refractivity contribution in [3.05, 3.63) is 66.6 Å². The maximum atomic E-state index is 12.5. The fourth-order valence-electron chi connectivity index (χ4n) is 2.57. The van der Waals surface area contributed by atoms with Gasteiger partial charge in [-0.3, -0.25) is 4.79 Å². The molecule has 0 atom stereocenters. The number of benzene rings is 2. The van der Waals surface area contributed by atoms with Gasteiger partial charge in [0.25, 0.3) is 5.91 Å². The normalized spacial score (nSPS) is 11.9. The summed E-state index contributed by atoms with van der Waals surface area (Å²) in [4.78, 5) is 22.5. The van der Waals surface area contributed by atoms with Gasteiger partial charge in [-0.25, -0.2) is 9.97 Å². The van der Waals surface area contributed by atoms with Gasteiger partial charge in [0.2, 0.25) is 6.79 Å². The van der Waals surface area contributed by atoms with E-state index in [-0.39, 0.29) is 18.4 Å². The number of fused-ring (bicyclic) bond motifs is 1. The van der Waals surface area contributed by atoms with Crippen LogP contribution in [0.1, 0.15) is 10.5 Å². The van der Waals surface area contributed by atoms with E-state index >= 15 is 0 Å². The van der Waals surface area contributed by atoms with Crippen LogP contribution in [0.25, 0.3) is 0 Å². The third kappa shape index (κ3) is 3.14. The maximum Gasteiger partial charge on any atom is 0.278 e. The molecule has 0 saturated carbocycles. The summed E-state index contributed by atoms with van der Waals surface area (Å²) in [5.74, 6) is 1.70. The summed E-state index contributed by atoms with van der Waals surface area (Å²) in [5.41, 5.74) is 1.86. The van der Waals surface area contributed by atoms with Crippen molar-refractivity contribution < 1.29 is 14.3 Å². The first-order valence-electron chi connectivity index (χ1n) is 8.02. The molecule has 0 fully saturated rings. The molecule has 0 radical (unpaired) electrons. The molecule has 26 heavy (non-hydrogen) atoms. The lowest BCUT2D eigenvalue weighted by molar-refractivity contribution is 0.0988. The minimum Gasteiger partial charge on any atom is -0.454 e. The number of nitrogens with one attached hydrogen (secondary N) is 1. The van der Waals surface area contributed by atoms with Crippen molar-refractivity contribution in [3.8, 4) is 11.5 Å². The number of aromatic nitrogens is 2. The number of amides is 1. The van der Waals surface area contributed by atoms with Gasteiger partial charge in [0.05, 0.1) is 12.4 Å². The molecular formula is C19H16N4O3. The lowest BCUT2D eigenvalue weighted by Crippen LogP contribution is -2.27. The molecule has 0 bridgehead atoms. The quantitative estimate of drug-likeness (QED) is 0.780. The standard InChI is InChI=1S/C19H16N4O3/c1-23(14-5-3-2-4-6-14)19(24)15-10-21-18(11-20-15)22-13-7-8-16-17(9-13)26-12-25-16/h2-11H,12H2,1H3,(H,21,22). The molecule has 7 heteroatoms. The van der Waals surface area contributed by atoms with E-state index < -0.39 is 0 Å². The number of hydrogen-bond donors (Lipinski definition) is 1. The first-order chi connectivity index (χ1) is 12.7. The molecule has 4 rings (SSSR count). The topological polar surface area (TPSA) is 76.6 Å². The Hall–Kier alpha value is -3.61. The van der Waals surface area contributed by atoms with Gasteiger partial charge in [-0.2, -0.15) is 0 Å². The van der Waals surface area contributed by atoms with Crippen LogP contribution in [0.4, 0.5) is 17.2 Å². The summed E-state index contributed by atoms with van der Waals surface area (Å²) < 4.78 is 10.6. The molecule has 0 aliphatic carbocycles. The smallest absolute Gasteiger partial charge is 0.278 e. The molecule has 1 aliphatic rings. The molecule has 2 heterocycles. The van der Waals surface area contributed by atoms with Crippen LogP contribution in [0, 0.1) is 0 Å². The zero-order valence-corrected chi connectivity index (χ0v) is 14.0. The average Bonchev–Trinajstić information content (AvgIpc) is 3.16. The second kappa shape index (κ2) is 6.72. The van der Waals surface area contributed by atoms with Gasteiger partial charge in [-0.05, 0) is 24.3 Å². The van der Waals surface area contributed by atoms with Crippen molar-refractivity contribution in [2.24, 2.45) is 0 Å². The molecular weight excluding hydrogens is 332 g/mol. The Labute approximate surface area is 150 Å². The minimum atomic E-state index is -0.224. The van der Waals surface area contributed by atoms with E-state index in [0.717, 1.165) is 11.4 Å². The van der Waals surface area contributed by atoms with Crippen LogP contribution in [0.15, 0.2) is 60.9 Å². The number of carbonyl (C=O) groups is 1. The summed E-state index contributed by atoms with van der Waals surface area (Å²) >= 11 is 0. The van der Waals surface area contributed by atoms with Gasteiger partial charge in [0.15, 0.2) is 11.5 Å². The van der Waals surface area contributed by atoms with E-state index in [0.29, 0.717) is 17.3 Å². The van der Waals surface area contributed by atoms with Crippen LogP contribution >= 0.6 is 0 Å². The van der Waals surface area contributed by atoms with Gasteiger partial charge in [-0.15, -0.1) is 0 Å². The van der Waals surface area contributed by atoms with E-state index in [9.17, 15) is 4.79 Å². The highest BCUT2D eigenvalue weighted by atomic mass is 16.7. The number of carbonyl (C=O) groups excluding carboxylic acids is 1. The predicted octanol–water partition coefficient (Wildman–Crippen LogP) is 3.23. The molecule has 1 aromatic heterocycles. The van der Waals surface area contributed by atoms with Crippen molar-refractivity contribution in [2.75, 3.05) is 24.1 Å². The molecule has 2 aromatic carbocycles. The molecule has 1 aliphatic heterocycles. The van der Waals surface area contributed by atoms with Crippen LogP contribution in [-0.2, 0) is 0 Å². The van der Waals surface area contributed by atoms with Crippen molar-refractivity contribution in [2.45, 2.75) is 0 Å². The lowest BCUT2D eigenvalue weighted by atomic mass is 10.2. The van der Waals surface area contributed by atoms with Crippen LogP contribution in [-0.4, -0.2) is 29.7 Å². The van der Waals surface area contributed by atoms with Gasteiger partial charge >= 0.3 is 0 Å². The Morgan fingerprint density at radius 2 is 1.85 bits per heavy atom. The molecule has 0 unspecified atom stereocenters. The largest absolute Gasteiger partial charge is 0.454 e. The van der Waals surface area contributed by atoms with E-state index in [1.54, 1.807) is 7.05 Å². The van der Waals surface area contributed by atoms with Crippen LogP contribution in [0.5, 0.6) is 11.5 Å². The minimum absolute atomic E-state index is 0.224. The van der Waals surface area contributed by atoms with Crippen LogP contribution in [0.2, 0.25) is 0 Å². The summed E-state index contributed by atoms with van der Waals surface area (Å²) in [6.45, 7) is 0.227. The molecule has 1 N–H and O–H groups in total. The fraction of sp³-hybridized carbons (Fsp3) is 0.105. The Morgan fingerprint density at radius 3 is 2.62 bits per heavy atom. The zero-order valence-electron chi connectivity index (χ0n) is 14.0. The summed E-state index contributed by atoms with van der Waals surface area (Å²) in [6, 6.07) is 14.9. The Morgan fingerprint density at radius 1 is 1.04 bits per heavy atom. The van der Waals surface area contributed by atoms with Gasteiger partial charge in [0, 0.05) is 24.5 Å². The van der Waals surface area contributed by atoms with E-state index in [1.807, 2.05) is 48.5 Å². The van der Waals surface area contributed by atoms with E-state index in [4.69, 9.17) is 9.47 Å². The van der Waals surface area contributed by atoms with Crippen molar-refractivity contribution in [1.82, 2.24) is 9.97 Å². The third-order valence-corrected chi connectivity index (χ3v) is 3.96. The molecule has 7 nitrogen and oxygen atoms in total. The highest BCUT2D eigenvalue weighted by Gasteiger charge is 2.16. The van der Waals surface area contributed by atoms with Gasteiger partial charge in [-0.1, -0.05) is 18.2 Å². The molecule has 1 amide bonds. The van der Waals surface area contributed by atoms with Crippen molar-refractivity contribution in [3.63, 3.8) is 0 Å². The van der Waals surface area contributed by atoms with Gasteiger partial charge in [0.1, 0.15) is 11.5 Å². The third-order valence-electron chi connectivity index (χ3n) is 3.96. The fourth-order valence-corrected chi connectivity index (χ4v) is 2.57. The van der Waals surface area contributed by atoms with Gasteiger partial charge < -0.3 is 19.7 Å². The lowest BCUT2D eigenvalue weighted by Gasteiger charge is -2.16. The highest BCUT2D eigenvalue weighted by molar-refractivity contribution is 6.04. The number of para-hydroxylation sites is 1. The Balaban J connectivity index is 1.47. The molecule has 3 aromatic rings. The second-order valence-corrected chi connectivity index (χ2v) is 5.68. The number of anilines is 3. The number of rotatable bonds is 4. The summed E-state index contributed by atoms with van der Waals surface area (Å²) in [6.07, 6.45) is 2.98. The molecule has 0 saturated heterocycles. The van der Waals surface area contributed by atoms with E-state index in [1.165, 1.54) is 17.3 Å². The maximum absolute atomic E-state index is 12.5. The Bertz CT molecular complexity index is 929. The highest BCUT2D eigenvalue weighted by Crippen LogP contribution is 2.34. The summed E-state index contributed by atoms with van der Waals surface area (Å²) in [7, 11) is 1.71. The number of hydrogen-bond acceptors (Lipinski definition) is 6. The van der Waals surface area contributed by atoms with E-state index in [2.05, 4.69) is 15.3 Å². The number of nitrogens with zero attached hydrogens (tertiary/aromatic N) is 3. The van der Waals surface area contributed by atoms with Crippen molar-refractivity contribution in [1.29, 1.82) is 0 Å². The zero-order chi connectivity index (χ0) is 17.9. The monoisotopic (exact) mass is 348 g/mol.